The van der Waals surface area contributed by atoms with E-state index >= 15 is 0 Å². The number of carbonyl (C=O) groups is 1. The summed E-state index contributed by atoms with van der Waals surface area (Å²) in [5.41, 5.74) is 1.83. The fraction of sp³-hybridized carbons (Fsp3) is 0.136. The lowest BCUT2D eigenvalue weighted by Gasteiger charge is -2.15. The zero-order valence-corrected chi connectivity index (χ0v) is 17.2. The second kappa shape index (κ2) is 8.96. The molecule has 0 aliphatic heterocycles. The predicted octanol–water partition coefficient (Wildman–Crippen LogP) is 4.34. The molecule has 30 heavy (non-hydrogen) atoms. The number of sulfonamides is 1. The van der Waals surface area contributed by atoms with Gasteiger partial charge in [0, 0.05) is 11.4 Å². The van der Waals surface area contributed by atoms with Gasteiger partial charge in [0.2, 0.25) is 0 Å². The fourth-order valence-electron chi connectivity index (χ4n) is 2.65. The van der Waals surface area contributed by atoms with Gasteiger partial charge in [-0.2, -0.15) is 0 Å². The Hall–Kier alpha value is -3.39. The van der Waals surface area contributed by atoms with Crippen molar-refractivity contribution in [3.63, 3.8) is 0 Å². The Balaban J connectivity index is 1.63. The maximum atomic E-state index is 12.9. The molecule has 0 spiro atoms. The summed E-state index contributed by atoms with van der Waals surface area (Å²) in [6, 6.07) is 18.2. The van der Waals surface area contributed by atoms with Gasteiger partial charge in [-0.25, -0.2) is 12.8 Å². The van der Waals surface area contributed by atoms with Gasteiger partial charge in [-0.15, -0.1) is 0 Å². The van der Waals surface area contributed by atoms with Crippen LogP contribution in [0.15, 0.2) is 77.7 Å². The van der Waals surface area contributed by atoms with Crippen LogP contribution >= 0.6 is 0 Å². The van der Waals surface area contributed by atoms with E-state index < -0.39 is 27.9 Å². The van der Waals surface area contributed by atoms with E-state index in [9.17, 15) is 17.6 Å². The number of halogens is 1. The number of hydrogen-bond donors (Lipinski definition) is 2. The number of amides is 1. The molecule has 2 N–H and O–H groups in total. The van der Waals surface area contributed by atoms with Gasteiger partial charge in [0.1, 0.15) is 11.6 Å². The summed E-state index contributed by atoms with van der Waals surface area (Å²) >= 11 is 0. The molecule has 0 fully saturated rings. The standard InChI is InChI=1S/C22H21FN2O4S/c1-15-4-3-5-19(14-15)25-30(27,28)21-12-8-18(9-13-21)24-22(26)16(2)29-20-10-6-17(23)7-11-20/h3-14,16,25H,1-2H3,(H,24,26)/t16-/m1/s1. The van der Waals surface area contributed by atoms with Crippen LogP contribution in [-0.4, -0.2) is 20.4 Å². The smallest absolute Gasteiger partial charge is 0.265 e. The highest BCUT2D eigenvalue weighted by Gasteiger charge is 2.17. The van der Waals surface area contributed by atoms with Gasteiger partial charge >= 0.3 is 0 Å². The first-order chi connectivity index (χ1) is 14.2. The lowest BCUT2D eigenvalue weighted by atomic mass is 10.2. The molecule has 3 aromatic rings. The third kappa shape index (κ3) is 5.57. The molecular weight excluding hydrogens is 407 g/mol. The quantitative estimate of drug-likeness (QED) is 0.586. The monoisotopic (exact) mass is 428 g/mol. The highest BCUT2D eigenvalue weighted by molar-refractivity contribution is 7.92. The number of anilines is 2. The molecule has 0 saturated heterocycles. The third-order valence-electron chi connectivity index (χ3n) is 4.20. The van der Waals surface area contributed by atoms with Crippen molar-refractivity contribution in [1.29, 1.82) is 0 Å². The molecular formula is C22H21FN2O4S. The van der Waals surface area contributed by atoms with Crippen LogP contribution in [0.25, 0.3) is 0 Å². The maximum absolute atomic E-state index is 12.9. The minimum atomic E-state index is -3.75. The SMILES string of the molecule is Cc1cccc(NS(=O)(=O)c2ccc(NC(=O)[C@@H](C)Oc3ccc(F)cc3)cc2)c1. The maximum Gasteiger partial charge on any atom is 0.265 e. The van der Waals surface area contributed by atoms with E-state index in [2.05, 4.69) is 10.0 Å². The summed E-state index contributed by atoms with van der Waals surface area (Å²) in [7, 11) is -3.75. The van der Waals surface area contributed by atoms with Crippen LogP contribution in [0.5, 0.6) is 5.75 Å². The third-order valence-corrected chi connectivity index (χ3v) is 5.60. The lowest BCUT2D eigenvalue weighted by Crippen LogP contribution is -2.30. The summed E-state index contributed by atoms with van der Waals surface area (Å²) in [4.78, 5) is 12.4. The Labute approximate surface area is 174 Å². The average Bonchev–Trinajstić information content (AvgIpc) is 2.70. The Morgan fingerprint density at radius 1 is 0.967 bits per heavy atom. The van der Waals surface area contributed by atoms with Crippen LogP contribution in [0.3, 0.4) is 0 Å². The minimum absolute atomic E-state index is 0.0672. The zero-order valence-electron chi connectivity index (χ0n) is 16.4. The average molecular weight is 428 g/mol. The van der Waals surface area contributed by atoms with Crippen molar-refractivity contribution >= 4 is 27.3 Å². The zero-order chi connectivity index (χ0) is 21.7. The van der Waals surface area contributed by atoms with E-state index in [0.29, 0.717) is 17.1 Å². The number of hydrogen-bond acceptors (Lipinski definition) is 4. The Morgan fingerprint density at radius 3 is 2.27 bits per heavy atom. The van der Waals surface area contributed by atoms with Crippen LogP contribution in [0.2, 0.25) is 0 Å². The van der Waals surface area contributed by atoms with Crippen molar-refractivity contribution in [2.75, 3.05) is 10.0 Å². The lowest BCUT2D eigenvalue weighted by molar-refractivity contribution is -0.122. The van der Waals surface area contributed by atoms with E-state index in [4.69, 9.17) is 4.74 Å². The van der Waals surface area contributed by atoms with E-state index in [1.54, 1.807) is 25.1 Å². The number of aryl methyl sites for hydroxylation is 1. The van der Waals surface area contributed by atoms with Gasteiger partial charge in [0.25, 0.3) is 15.9 Å². The summed E-state index contributed by atoms with van der Waals surface area (Å²) < 4.78 is 46.0. The van der Waals surface area contributed by atoms with Crippen molar-refractivity contribution in [1.82, 2.24) is 0 Å². The van der Waals surface area contributed by atoms with Crippen LogP contribution in [0, 0.1) is 12.7 Å². The van der Waals surface area contributed by atoms with Crippen LogP contribution < -0.4 is 14.8 Å². The summed E-state index contributed by atoms with van der Waals surface area (Å²) in [6.07, 6.45) is -0.832. The van der Waals surface area contributed by atoms with E-state index in [0.717, 1.165) is 5.56 Å². The van der Waals surface area contributed by atoms with Crippen LogP contribution in [0.1, 0.15) is 12.5 Å². The molecule has 0 aliphatic carbocycles. The molecule has 156 valence electrons. The van der Waals surface area contributed by atoms with E-state index in [-0.39, 0.29) is 4.90 Å². The minimum Gasteiger partial charge on any atom is -0.481 e. The van der Waals surface area contributed by atoms with Gasteiger partial charge in [0.05, 0.1) is 4.90 Å². The highest BCUT2D eigenvalue weighted by Crippen LogP contribution is 2.20. The van der Waals surface area contributed by atoms with Gasteiger partial charge in [-0.1, -0.05) is 12.1 Å². The molecule has 3 rings (SSSR count). The van der Waals surface area contributed by atoms with E-state index in [1.165, 1.54) is 48.5 Å². The largest absolute Gasteiger partial charge is 0.481 e. The first-order valence-electron chi connectivity index (χ1n) is 9.15. The summed E-state index contributed by atoms with van der Waals surface area (Å²) in [6.45, 7) is 3.43. The van der Waals surface area contributed by atoms with Crippen molar-refractivity contribution in [3.8, 4) is 5.75 Å². The number of nitrogens with one attached hydrogen (secondary N) is 2. The van der Waals surface area contributed by atoms with E-state index in [1.807, 2.05) is 13.0 Å². The second-order valence-electron chi connectivity index (χ2n) is 6.70. The van der Waals surface area contributed by atoms with Crippen molar-refractivity contribution < 1.29 is 22.3 Å². The summed E-state index contributed by atoms with van der Waals surface area (Å²) in [5, 5.41) is 2.66. The Bertz CT molecular complexity index is 1130. The topological polar surface area (TPSA) is 84.5 Å². The molecule has 8 heteroatoms. The molecule has 1 atom stereocenters. The number of carbonyl (C=O) groups excluding carboxylic acids is 1. The molecule has 0 bridgehead atoms. The molecule has 0 heterocycles. The fourth-order valence-corrected chi connectivity index (χ4v) is 3.70. The van der Waals surface area contributed by atoms with Gasteiger partial charge < -0.3 is 10.1 Å². The molecule has 6 nitrogen and oxygen atoms in total. The number of benzene rings is 3. The molecule has 0 unspecified atom stereocenters. The number of ether oxygens (including phenoxy) is 1. The molecule has 0 radical (unpaired) electrons. The first kappa shape index (κ1) is 21.3. The Kier molecular flexibility index (Phi) is 6.37. The molecule has 0 aliphatic rings. The Morgan fingerprint density at radius 2 is 1.63 bits per heavy atom. The van der Waals surface area contributed by atoms with Crippen molar-refractivity contribution in [2.24, 2.45) is 0 Å². The van der Waals surface area contributed by atoms with Crippen molar-refractivity contribution in [3.05, 3.63) is 84.2 Å². The summed E-state index contributed by atoms with van der Waals surface area (Å²) in [5.74, 6) is -0.457. The van der Waals surface area contributed by atoms with Crippen molar-refractivity contribution in [2.45, 2.75) is 24.8 Å². The van der Waals surface area contributed by atoms with Gasteiger partial charge in [-0.05, 0) is 80.1 Å². The second-order valence-corrected chi connectivity index (χ2v) is 8.39. The molecule has 1 amide bonds. The van der Waals surface area contributed by atoms with Crippen LogP contribution in [-0.2, 0) is 14.8 Å². The molecule has 3 aromatic carbocycles. The molecule has 0 aromatic heterocycles. The van der Waals surface area contributed by atoms with Gasteiger partial charge in [0.15, 0.2) is 6.10 Å². The van der Waals surface area contributed by atoms with Gasteiger partial charge in [-0.3, -0.25) is 9.52 Å². The van der Waals surface area contributed by atoms with Crippen LogP contribution in [0.4, 0.5) is 15.8 Å². The predicted molar refractivity (Wildman–Crippen MR) is 114 cm³/mol. The normalized spacial score (nSPS) is 12.1. The first-order valence-corrected chi connectivity index (χ1v) is 10.6. The number of rotatable bonds is 7. The molecule has 0 saturated carbocycles. The highest BCUT2D eigenvalue weighted by atomic mass is 32.2.